The summed E-state index contributed by atoms with van der Waals surface area (Å²) in [6, 6.07) is 21.5. The van der Waals surface area contributed by atoms with E-state index in [2.05, 4.69) is 22.3 Å². The number of amides is 2. The summed E-state index contributed by atoms with van der Waals surface area (Å²) in [6.07, 6.45) is 1.65. The number of methoxy groups -OCH3 is 1. The molecule has 13 heteroatoms. The molecule has 0 N–H and O–H groups in total. The number of carbonyl (C=O) groups is 2. The number of hydrogen-bond donors (Lipinski definition) is 0. The van der Waals surface area contributed by atoms with Crippen molar-refractivity contribution in [1.29, 1.82) is 0 Å². The van der Waals surface area contributed by atoms with Crippen LogP contribution in [0.15, 0.2) is 78.0 Å². The van der Waals surface area contributed by atoms with E-state index in [1.54, 1.807) is 28.7 Å². The second kappa shape index (κ2) is 14.6. The molecule has 0 aliphatic carbocycles. The topological polar surface area (TPSA) is 124 Å². The van der Waals surface area contributed by atoms with Crippen LogP contribution < -0.4 is 4.74 Å². The van der Waals surface area contributed by atoms with Gasteiger partial charge < -0.3 is 14.5 Å². The first kappa shape index (κ1) is 32.0. The van der Waals surface area contributed by atoms with E-state index in [9.17, 15) is 19.7 Å². The Bertz CT molecular complexity index is 1670. The Morgan fingerprint density at radius 3 is 2.49 bits per heavy atom. The standard InChI is InChI=1S/C32H33ClN6O5S/c1-22-21-36(16-17-37(22)31(41)27-15-12-25(39(42)43)20-28(27)33)30(40)9-6-18-45-32-35-34-29(19-23-7-4-3-5-8-23)38(32)24-10-13-26(44-2)14-11-24/h3-5,7-8,10-15,20,22H,6,9,16-19,21H2,1-2H3. The van der Waals surface area contributed by atoms with Crippen LogP contribution in [-0.2, 0) is 11.2 Å². The van der Waals surface area contributed by atoms with E-state index < -0.39 is 4.92 Å². The molecule has 0 spiro atoms. The molecule has 1 aromatic heterocycles. The Morgan fingerprint density at radius 1 is 1.07 bits per heavy atom. The molecular formula is C32H33ClN6O5S. The van der Waals surface area contributed by atoms with E-state index in [-0.39, 0.29) is 34.1 Å². The molecule has 2 heterocycles. The Labute approximate surface area is 270 Å². The molecule has 1 fully saturated rings. The number of nitro groups is 1. The van der Waals surface area contributed by atoms with Crippen LogP contribution in [0.3, 0.4) is 0 Å². The van der Waals surface area contributed by atoms with E-state index in [1.807, 2.05) is 54.0 Å². The highest BCUT2D eigenvalue weighted by Crippen LogP contribution is 2.27. The van der Waals surface area contributed by atoms with Gasteiger partial charge in [0.1, 0.15) is 11.6 Å². The largest absolute Gasteiger partial charge is 0.497 e. The number of benzene rings is 3. The first-order valence-electron chi connectivity index (χ1n) is 14.5. The minimum atomic E-state index is -0.555. The Morgan fingerprint density at radius 2 is 1.82 bits per heavy atom. The lowest BCUT2D eigenvalue weighted by Gasteiger charge is -2.40. The van der Waals surface area contributed by atoms with Gasteiger partial charge in [-0.15, -0.1) is 10.2 Å². The van der Waals surface area contributed by atoms with E-state index >= 15 is 0 Å². The number of carbonyl (C=O) groups excluding carboxylic acids is 2. The van der Waals surface area contributed by atoms with Gasteiger partial charge >= 0.3 is 0 Å². The maximum atomic E-state index is 13.1. The highest BCUT2D eigenvalue weighted by molar-refractivity contribution is 7.99. The zero-order chi connectivity index (χ0) is 31.9. The second-order valence-corrected chi connectivity index (χ2v) is 12.1. The van der Waals surface area contributed by atoms with E-state index in [4.69, 9.17) is 16.3 Å². The molecule has 4 aromatic rings. The second-order valence-electron chi connectivity index (χ2n) is 10.7. The zero-order valence-corrected chi connectivity index (χ0v) is 26.5. The van der Waals surface area contributed by atoms with Gasteiger partial charge in [0.2, 0.25) is 5.91 Å². The van der Waals surface area contributed by atoms with Crippen LogP contribution >= 0.6 is 23.4 Å². The van der Waals surface area contributed by atoms with Crippen molar-refractivity contribution >= 4 is 40.9 Å². The molecule has 11 nitrogen and oxygen atoms in total. The summed E-state index contributed by atoms with van der Waals surface area (Å²) >= 11 is 7.75. The lowest BCUT2D eigenvalue weighted by atomic mass is 10.1. The van der Waals surface area contributed by atoms with E-state index in [0.29, 0.717) is 44.6 Å². The number of hydrogen-bond acceptors (Lipinski definition) is 8. The van der Waals surface area contributed by atoms with Crippen molar-refractivity contribution in [2.75, 3.05) is 32.5 Å². The minimum Gasteiger partial charge on any atom is -0.497 e. The molecular weight excluding hydrogens is 616 g/mol. The maximum Gasteiger partial charge on any atom is 0.270 e. The molecule has 1 atom stereocenters. The molecule has 1 aliphatic rings. The summed E-state index contributed by atoms with van der Waals surface area (Å²) in [5.41, 5.74) is 2.10. The fraction of sp³-hybridized carbons (Fsp3) is 0.312. The third-order valence-corrected chi connectivity index (χ3v) is 8.97. The molecule has 234 valence electrons. The van der Waals surface area contributed by atoms with Crippen molar-refractivity contribution in [3.05, 3.63) is 105 Å². The molecule has 2 amide bonds. The fourth-order valence-corrected chi connectivity index (χ4v) is 6.42. The van der Waals surface area contributed by atoms with Gasteiger partial charge in [0, 0.05) is 62.1 Å². The van der Waals surface area contributed by atoms with Crippen molar-refractivity contribution in [3.63, 3.8) is 0 Å². The van der Waals surface area contributed by atoms with Crippen molar-refractivity contribution in [1.82, 2.24) is 24.6 Å². The van der Waals surface area contributed by atoms with Crippen LogP contribution in [0, 0.1) is 10.1 Å². The smallest absolute Gasteiger partial charge is 0.270 e. The maximum absolute atomic E-state index is 13.1. The molecule has 0 saturated carbocycles. The van der Waals surface area contributed by atoms with Gasteiger partial charge in [-0.3, -0.25) is 24.3 Å². The number of non-ortho nitro benzene ring substituents is 1. The number of rotatable bonds is 11. The van der Waals surface area contributed by atoms with Crippen LogP contribution in [0.2, 0.25) is 5.02 Å². The monoisotopic (exact) mass is 648 g/mol. The molecule has 0 radical (unpaired) electrons. The molecule has 45 heavy (non-hydrogen) atoms. The third kappa shape index (κ3) is 7.63. The number of nitrogens with zero attached hydrogens (tertiary/aromatic N) is 6. The van der Waals surface area contributed by atoms with Crippen LogP contribution in [0.4, 0.5) is 5.69 Å². The van der Waals surface area contributed by atoms with Crippen LogP contribution in [0.1, 0.15) is 41.5 Å². The quantitative estimate of drug-likeness (QED) is 0.0882. The number of ether oxygens (including phenoxy) is 1. The highest BCUT2D eigenvalue weighted by Gasteiger charge is 2.31. The Hall–Kier alpha value is -4.42. The molecule has 1 saturated heterocycles. The van der Waals surface area contributed by atoms with E-state index in [1.165, 1.54) is 18.2 Å². The van der Waals surface area contributed by atoms with Gasteiger partial charge in [0.05, 0.1) is 22.6 Å². The van der Waals surface area contributed by atoms with Crippen molar-refractivity contribution in [3.8, 4) is 11.4 Å². The normalized spacial score (nSPS) is 14.8. The predicted octanol–water partition coefficient (Wildman–Crippen LogP) is 5.67. The van der Waals surface area contributed by atoms with E-state index in [0.717, 1.165) is 28.0 Å². The average Bonchev–Trinajstić information content (AvgIpc) is 3.44. The van der Waals surface area contributed by atoms with Gasteiger partial charge in [-0.1, -0.05) is 53.7 Å². The molecule has 0 bridgehead atoms. The van der Waals surface area contributed by atoms with Crippen LogP contribution in [-0.4, -0.2) is 79.8 Å². The molecule has 1 aliphatic heterocycles. The minimum absolute atomic E-state index is 0.0318. The van der Waals surface area contributed by atoms with Gasteiger partial charge in [0.15, 0.2) is 5.16 Å². The first-order valence-corrected chi connectivity index (χ1v) is 15.9. The van der Waals surface area contributed by atoms with Gasteiger partial charge in [-0.25, -0.2) is 0 Å². The van der Waals surface area contributed by atoms with Gasteiger partial charge in [-0.2, -0.15) is 0 Å². The molecule has 3 aromatic carbocycles. The fourth-order valence-electron chi connectivity index (χ4n) is 5.25. The number of halogens is 1. The van der Waals surface area contributed by atoms with Crippen molar-refractivity contribution in [2.24, 2.45) is 0 Å². The van der Waals surface area contributed by atoms with Gasteiger partial charge in [-0.05, 0) is 49.2 Å². The zero-order valence-electron chi connectivity index (χ0n) is 25.0. The Balaban J connectivity index is 1.17. The number of aromatic nitrogens is 3. The third-order valence-electron chi connectivity index (χ3n) is 7.64. The summed E-state index contributed by atoms with van der Waals surface area (Å²) in [4.78, 5) is 40.1. The lowest BCUT2D eigenvalue weighted by molar-refractivity contribution is -0.384. The summed E-state index contributed by atoms with van der Waals surface area (Å²) in [5, 5.41) is 20.8. The Kier molecular flexibility index (Phi) is 10.4. The van der Waals surface area contributed by atoms with Crippen LogP contribution in [0.25, 0.3) is 5.69 Å². The number of nitro benzene ring substituents is 1. The average molecular weight is 649 g/mol. The summed E-state index contributed by atoms with van der Waals surface area (Å²) in [6.45, 7) is 3.03. The predicted molar refractivity (Wildman–Crippen MR) is 172 cm³/mol. The van der Waals surface area contributed by atoms with Crippen molar-refractivity contribution in [2.45, 2.75) is 37.4 Å². The first-order chi connectivity index (χ1) is 21.7. The summed E-state index contributed by atoms with van der Waals surface area (Å²) in [5.74, 6) is 1.99. The summed E-state index contributed by atoms with van der Waals surface area (Å²) < 4.78 is 7.38. The lowest BCUT2D eigenvalue weighted by Crippen LogP contribution is -2.55. The number of piperazine rings is 1. The SMILES string of the molecule is COc1ccc(-n2c(Cc3ccccc3)nnc2SCCCC(=O)N2CCN(C(=O)c3ccc([N+](=O)[O-])cc3Cl)C(C)C2)cc1. The number of thioether (sulfide) groups is 1. The summed E-state index contributed by atoms with van der Waals surface area (Å²) in [7, 11) is 1.63. The molecule has 1 unspecified atom stereocenters. The van der Waals surface area contributed by atoms with Gasteiger partial charge in [0.25, 0.3) is 11.6 Å². The highest BCUT2D eigenvalue weighted by atomic mass is 35.5. The van der Waals surface area contributed by atoms with Crippen LogP contribution in [0.5, 0.6) is 5.75 Å². The van der Waals surface area contributed by atoms with Crippen molar-refractivity contribution < 1.29 is 19.2 Å². The molecule has 5 rings (SSSR count).